The number of hydrogen-bond acceptors (Lipinski definition) is 5. The van der Waals surface area contributed by atoms with Gasteiger partial charge in [0, 0.05) is 25.3 Å². The molecular formula is C14H20N2O4. The van der Waals surface area contributed by atoms with Crippen LogP contribution < -0.4 is 15.8 Å². The van der Waals surface area contributed by atoms with Gasteiger partial charge in [0.05, 0.1) is 13.2 Å². The van der Waals surface area contributed by atoms with Crippen LogP contribution in [-0.4, -0.2) is 43.0 Å². The second-order valence-electron chi connectivity index (χ2n) is 4.86. The third kappa shape index (κ3) is 3.20. The quantitative estimate of drug-likeness (QED) is 0.685. The highest BCUT2D eigenvalue weighted by Gasteiger charge is 2.33. The Balaban J connectivity index is 2.08. The van der Waals surface area contributed by atoms with E-state index >= 15 is 0 Å². The summed E-state index contributed by atoms with van der Waals surface area (Å²) in [6, 6.07) is 5.07. The van der Waals surface area contributed by atoms with Crippen molar-refractivity contribution < 1.29 is 19.4 Å². The van der Waals surface area contributed by atoms with Crippen LogP contribution in [0.3, 0.4) is 0 Å². The maximum Gasteiger partial charge on any atom is 0.257 e. The number of aliphatic hydroxyl groups is 1. The van der Waals surface area contributed by atoms with E-state index in [1.54, 1.807) is 18.2 Å². The van der Waals surface area contributed by atoms with Gasteiger partial charge in [-0.3, -0.25) is 4.79 Å². The minimum Gasteiger partial charge on any atom is -0.493 e. The number of benzene rings is 1. The van der Waals surface area contributed by atoms with Gasteiger partial charge in [0.2, 0.25) is 0 Å². The SMILES string of the molecule is CCOc1cccc(N)c1C(=O)NCC1(O)CCOC1. The summed E-state index contributed by atoms with van der Waals surface area (Å²) in [4.78, 5) is 12.2. The molecule has 1 amide bonds. The molecule has 1 saturated heterocycles. The smallest absolute Gasteiger partial charge is 0.257 e. The van der Waals surface area contributed by atoms with E-state index in [2.05, 4.69) is 5.32 Å². The Morgan fingerprint density at radius 1 is 1.60 bits per heavy atom. The third-order valence-corrected chi connectivity index (χ3v) is 3.25. The summed E-state index contributed by atoms with van der Waals surface area (Å²) in [6.07, 6.45) is 0.510. The Bertz CT molecular complexity index is 484. The molecule has 0 aliphatic carbocycles. The second kappa shape index (κ2) is 6.11. The van der Waals surface area contributed by atoms with Crippen molar-refractivity contribution in [3.05, 3.63) is 23.8 Å². The predicted octanol–water partition coefficient (Wildman–Crippen LogP) is 0.549. The van der Waals surface area contributed by atoms with Crippen LogP contribution in [0.2, 0.25) is 0 Å². The van der Waals surface area contributed by atoms with Crippen molar-refractivity contribution in [3.63, 3.8) is 0 Å². The van der Waals surface area contributed by atoms with E-state index in [1.807, 2.05) is 6.92 Å². The number of rotatable bonds is 5. The molecule has 1 unspecified atom stereocenters. The van der Waals surface area contributed by atoms with Crippen molar-refractivity contribution in [2.75, 3.05) is 32.1 Å². The summed E-state index contributed by atoms with van der Waals surface area (Å²) >= 11 is 0. The van der Waals surface area contributed by atoms with Gasteiger partial charge in [0.15, 0.2) is 0 Å². The molecule has 0 spiro atoms. The van der Waals surface area contributed by atoms with E-state index in [9.17, 15) is 9.90 Å². The number of anilines is 1. The summed E-state index contributed by atoms with van der Waals surface area (Å²) < 4.78 is 10.5. The van der Waals surface area contributed by atoms with E-state index in [0.29, 0.717) is 36.6 Å². The predicted molar refractivity (Wildman–Crippen MR) is 74.7 cm³/mol. The molecule has 1 aliphatic heterocycles. The summed E-state index contributed by atoms with van der Waals surface area (Å²) in [5, 5.41) is 12.8. The van der Waals surface area contributed by atoms with E-state index in [4.69, 9.17) is 15.2 Å². The molecule has 0 bridgehead atoms. The monoisotopic (exact) mass is 280 g/mol. The first-order chi connectivity index (χ1) is 9.56. The average Bonchev–Trinajstić information content (AvgIpc) is 2.84. The van der Waals surface area contributed by atoms with Gasteiger partial charge in [-0.25, -0.2) is 0 Å². The Labute approximate surface area is 117 Å². The minimum absolute atomic E-state index is 0.131. The highest BCUT2D eigenvalue weighted by molar-refractivity contribution is 6.01. The first-order valence-corrected chi connectivity index (χ1v) is 6.65. The molecule has 1 aromatic rings. The molecule has 0 saturated carbocycles. The molecule has 1 aromatic carbocycles. The molecule has 1 heterocycles. The van der Waals surface area contributed by atoms with E-state index < -0.39 is 5.60 Å². The van der Waals surface area contributed by atoms with Gasteiger partial charge in [-0.1, -0.05) is 6.07 Å². The molecule has 6 heteroatoms. The van der Waals surface area contributed by atoms with E-state index in [1.165, 1.54) is 0 Å². The molecule has 0 radical (unpaired) electrons. The van der Waals surface area contributed by atoms with Crippen LogP contribution in [0.1, 0.15) is 23.7 Å². The maximum atomic E-state index is 12.2. The van der Waals surface area contributed by atoms with Crippen LogP contribution in [0.4, 0.5) is 5.69 Å². The number of carbonyl (C=O) groups is 1. The lowest BCUT2D eigenvalue weighted by Crippen LogP contribution is -2.43. The fourth-order valence-electron chi connectivity index (χ4n) is 2.14. The number of nitrogens with one attached hydrogen (secondary N) is 1. The van der Waals surface area contributed by atoms with Crippen LogP contribution >= 0.6 is 0 Å². The average molecular weight is 280 g/mol. The molecule has 4 N–H and O–H groups in total. The van der Waals surface area contributed by atoms with Gasteiger partial charge in [-0.2, -0.15) is 0 Å². The van der Waals surface area contributed by atoms with Crippen LogP contribution in [0, 0.1) is 0 Å². The van der Waals surface area contributed by atoms with Gasteiger partial charge >= 0.3 is 0 Å². The molecule has 1 atom stereocenters. The lowest BCUT2D eigenvalue weighted by Gasteiger charge is -2.21. The van der Waals surface area contributed by atoms with Gasteiger partial charge in [0.1, 0.15) is 16.9 Å². The lowest BCUT2D eigenvalue weighted by molar-refractivity contribution is 0.0264. The summed E-state index contributed by atoms with van der Waals surface area (Å²) in [5.41, 5.74) is 5.50. The molecule has 2 rings (SSSR count). The number of amides is 1. The Hall–Kier alpha value is -1.79. The summed E-state index contributed by atoms with van der Waals surface area (Å²) in [5.74, 6) is 0.0894. The highest BCUT2D eigenvalue weighted by Crippen LogP contribution is 2.25. The molecule has 6 nitrogen and oxygen atoms in total. The molecule has 20 heavy (non-hydrogen) atoms. The standard InChI is InChI=1S/C14H20N2O4/c1-2-20-11-5-3-4-10(15)12(11)13(17)16-8-14(18)6-7-19-9-14/h3-5,18H,2,6-9,15H2,1H3,(H,16,17). The number of hydrogen-bond donors (Lipinski definition) is 3. The molecule has 1 aliphatic rings. The molecule has 0 aromatic heterocycles. The maximum absolute atomic E-state index is 12.2. The summed E-state index contributed by atoms with van der Waals surface area (Å²) in [7, 11) is 0. The first-order valence-electron chi connectivity index (χ1n) is 6.65. The van der Waals surface area contributed by atoms with Crippen LogP contribution in [0.15, 0.2) is 18.2 Å². The van der Waals surface area contributed by atoms with Gasteiger partial charge < -0.3 is 25.6 Å². The topological polar surface area (TPSA) is 93.8 Å². The molecule has 110 valence electrons. The zero-order chi connectivity index (χ0) is 14.6. The Morgan fingerprint density at radius 2 is 2.40 bits per heavy atom. The largest absolute Gasteiger partial charge is 0.493 e. The lowest BCUT2D eigenvalue weighted by atomic mass is 10.0. The van der Waals surface area contributed by atoms with Crippen molar-refractivity contribution in [1.29, 1.82) is 0 Å². The number of nitrogens with two attached hydrogens (primary N) is 1. The van der Waals surface area contributed by atoms with Gasteiger partial charge in [-0.15, -0.1) is 0 Å². The van der Waals surface area contributed by atoms with E-state index in [0.717, 1.165) is 0 Å². The van der Waals surface area contributed by atoms with Crippen molar-refractivity contribution in [3.8, 4) is 5.75 Å². The molecular weight excluding hydrogens is 260 g/mol. The number of nitrogen functional groups attached to an aromatic ring is 1. The van der Waals surface area contributed by atoms with Crippen LogP contribution in [0.25, 0.3) is 0 Å². The first kappa shape index (κ1) is 14.6. The zero-order valence-electron chi connectivity index (χ0n) is 11.5. The van der Waals surface area contributed by atoms with Gasteiger partial charge in [-0.05, 0) is 19.1 Å². The van der Waals surface area contributed by atoms with Crippen molar-refractivity contribution in [2.24, 2.45) is 0 Å². The zero-order valence-corrected chi connectivity index (χ0v) is 11.5. The second-order valence-corrected chi connectivity index (χ2v) is 4.86. The third-order valence-electron chi connectivity index (χ3n) is 3.25. The Morgan fingerprint density at radius 3 is 3.05 bits per heavy atom. The Kier molecular flexibility index (Phi) is 4.46. The fourth-order valence-corrected chi connectivity index (χ4v) is 2.14. The number of carbonyl (C=O) groups excluding carboxylic acids is 1. The van der Waals surface area contributed by atoms with Gasteiger partial charge in [0.25, 0.3) is 5.91 Å². The van der Waals surface area contributed by atoms with Crippen LogP contribution in [-0.2, 0) is 4.74 Å². The number of ether oxygens (including phenoxy) is 2. The normalized spacial score (nSPS) is 21.7. The van der Waals surface area contributed by atoms with Crippen molar-refractivity contribution >= 4 is 11.6 Å². The van der Waals surface area contributed by atoms with Crippen LogP contribution in [0.5, 0.6) is 5.75 Å². The highest BCUT2D eigenvalue weighted by atomic mass is 16.5. The van der Waals surface area contributed by atoms with Crippen molar-refractivity contribution in [2.45, 2.75) is 18.9 Å². The minimum atomic E-state index is -0.995. The fraction of sp³-hybridized carbons (Fsp3) is 0.500. The summed E-state index contributed by atoms with van der Waals surface area (Å²) in [6.45, 7) is 3.15. The molecule has 1 fully saturated rings. The van der Waals surface area contributed by atoms with E-state index in [-0.39, 0.29) is 19.1 Å². The van der Waals surface area contributed by atoms with Crippen molar-refractivity contribution in [1.82, 2.24) is 5.32 Å².